The SMILES string of the molecule is CC(=O)Nc1ccc(Nc2nccc(-c3ccc(N4CCCC4)c(C#N)c3)n2)cn1.N#Cc1cc(-c2ccnc(Nc3ccc(N4CCOCC4)nc3)n2)ccc1N1CCCC1. The number of anilines is 8. The zero-order chi connectivity index (χ0) is 42.7. The Morgan fingerprint density at radius 1 is 0.613 bits per heavy atom. The molecule has 16 heteroatoms. The van der Waals surface area contributed by atoms with Crippen LogP contribution in [-0.2, 0) is 9.53 Å². The summed E-state index contributed by atoms with van der Waals surface area (Å²) in [6, 6.07) is 27.6. The van der Waals surface area contributed by atoms with E-state index in [1.807, 2.05) is 60.7 Å². The lowest BCUT2D eigenvalue weighted by molar-refractivity contribution is -0.114. The van der Waals surface area contributed by atoms with Gasteiger partial charge in [-0.25, -0.2) is 29.9 Å². The number of ether oxygens (including phenoxy) is 1. The smallest absolute Gasteiger partial charge is 0.227 e. The summed E-state index contributed by atoms with van der Waals surface area (Å²) >= 11 is 0. The zero-order valence-corrected chi connectivity index (χ0v) is 34.5. The first-order chi connectivity index (χ1) is 30.4. The summed E-state index contributed by atoms with van der Waals surface area (Å²) in [6.07, 6.45) is 11.5. The van der Waals surface area contributed by atoms with Crippen molar-refractivity contribution >= 4 is 52.2 Å². The summed E-state index contributed by atoms with van der Waals surface area (Å²) in [7, 11) is 0. The van der Waals surface area contributed by atoms with Crippen molar-refractivity contribution < 1.29 is 9.53 Å². The molecule has 3 N–H and O–H groups in total. The van der Waals surface area contributed by atoms with E-state index in [4.69, 9.17) is 4.74 Å². The molecule has 7 heterocycles. The van der Waals surface area contributed by atoms with Gasteiger partial charge in [0, 0.05) is 69.7 Å². The second-order valence-corrected chi connectivity index (χ2v) is 15.0. The summed E-state index contributed by atoms with van der Waals surface area (Å²) in [6.45, 7) is 8.60. The van der Waals surface area contributed by atoms with Gasteiger partial charge in [-0.3, -0.25) is 4.79 Å². The fourth-order valence-corrected chi connectivity index (χ4v) is 7.62. The molecular formula is C46H46N14O2. The minimum absolute atomic E-state index is 0.174. The lowest BCUT2D eigenvalue weighted by Gasteiger charge is -2.27. The van der Waals surface area contributed by atoms with E-state index in [2.05, 4.69) is 72.7 Å². The number of amides is 1. The fourth-order valence-electron chi connectivity index (χ4n) is 7.62. The highest BCUT2D eigenvalue weighted by molar-refractivity contribution is 5.87. The molecule has 0 radical (unpaired) electrons. The van der Waals surface area contributed by atoms with Crippen molar-refractivity contribution in [1.29, 1.82) is 10.5 Å². The fraction of sp³-hybridized carbons (Fsp3) is 0.283. The molecule has 6 aromatic rings. The normalized spacial score (nSPS) is 14.6. The second-order valence-electron chi connectivity index (χ2n) is 15.0. The largest absolute Gasteiger partial charge is 0.378 e. The zero-order valence-electron chi connectivity index (χ0n) is 34.5. The van der Waals surface area contributed by atoms with Crippen molar-refractivity contribution in [3.05, 3.63) is 109 Å². The Morgan fingerprint density at radius 2 is 1.13 bits per heavy atom. The van der Waals surface area contributed by atoms with E-state index >= 15 is 0 Å². The van der Waals surface area contributed by atoms with E-state index < -0.39 is 0 Å². The van der Waals surface area contributed by atoms with Crippen LogP contribution >= 0.6 is 0 Å². The number of carbonyl (C=O) groups excluding carboxylic acids is 1. The van der Waals surface area contributed by atoms with Crippen LogP contribution in [0.4, 0.5) is 46.3 Å². The molecule has 3 aliphatic heterocycles. The monoisotopic (exact) mass is 826 g/mol. The Bertz CT molecular complexity index is 2570. The van der Waals surface area contributed by atoms with Gasteiger partial charge in [0.05, 0.1) is 70.9 Å². The van der Waals surface area contributed by atoms with Crippen LogP contribution in [0.1, 0.15) is 43.7 Å². The van der Waals surface area contributed by atoms with Crippen LogP contribution in [-0.4, -0.2) is 88.3 Å². The molecule has 0 spiro atoms. The number of morpholine rings is 1. The Hall–Kier alpha value is -7.69. The number of hydrogen-bond acceptors (Lipinski definition) is 15. The van der Waals surface area contributed by atoms with Crippen molar-refractivity contribution in [2.24, 2.45) is 0 Å². The van der Waals surface area contributed by atoms with E-state index in [1.54, 1.807) is 36.9 Å². The number of carbonyl (C=O) groups is 1. The molecule has 0 atom stereocenters. The first-order valence-corrected chi connectivity index (χ1v) is 20.7. The van der Waals surface area contributed by atoms with Crippen LogP contribution < -0.4 is 30.7 Å². The highest BCUT2D eigenvalue weighted by Gasteiger charge is 2.19. The maximum absolute atomic E-state index is 11.1. The van der Waals surface area contributed by atoms with E-state index in [-0.39, 0.29) is 5.91 Å². The number of nitrogens with one attached hydrogen (secondary N) is 3. The number of nitrogens with zero attached hydrogens (tertiary/aromatic N) is 11. The summed E-state index contributed by atoms with van der Waals surface area (Å²) in [5, 5.41) is 28.3. The summed E-state index contributed by atoms with van der Waals surface area (Å²) < 4.78 is 5.40. The van der Waals surface area contributed by atoms with Crippen LogP contribution in [0.3, 0.4) is 0 Å². The highest BCUT2D eigenvalue weighted by atomic mass is 16.5. The van der Waals surface area contributed by atoms with Gasteiger partial charge in [0.25, 0.3) is 0 Å². The van der Waals surface area contributed by atoms with Crippen molar-refractivity contribution in [3.8, 4) is 34.7 Å². The third-order valence-electron chi connectivity index (χ3n) is 10.7. The third kappa shape index (κ3) is 10.2. The molecule has 1 amide bonds. The quantitative estimate of drug-likeness (QED) is 0.124. The van der Waals surface area contributed by atoms with E-state index in [0.29, 0.717) is 34.5 Å². The topological polar surface area (TPSA) is 197 Å². The Morgan fingerprint density at radius 3 is 1.58 bits per heavy atom. The standard InChI is InChI=1S/C24H25N7O.C22H21N7O/c25-16-19-15-18(3-5-22(19)30-9-1-2-10-30)21-7-8-26-24(29-21)28-20-4-6-23(27-17-20)31-11-13-32-14-12-31;1-15(30)26-21-7-5-18(14-25-21)27-22-24-9-8-19(28-22)16-4-6-20(17(12-16)13-23)29-10-2-3-11-29/h3-8,15,17H,1-2,9-14H2,(H,26,28,29);4-9,12,14H,2-3,10-11H2,1H3,(H,24,27,28)(H,25,26,30). The van der Waals surface area contributed by atoms with Gasteiger partial charge in [0.1, 0.15) is 23.8 Å². The molecule has 0 saturated carbocycles. The van der Waals surface area contributed by atoms with Gasteiger partial charge >= 0.3 is 0 Å². The molecule has 9 rings (SSSR count). The maximum atomic E-state index is 11.1. The number of rotatable bonds is 10. The lowest BCUT2D eigenvalue weighted by Crippen LogP contribution is -2.36. The third-order valence-corrected chi connectivity index (χ3v) is 10.7. The number of aromatic nitrogens is 6. The minimum atomic E-state index is -0.174. The van der Waals surface area contributed by atoms with Crippen molar-refractivity contribution in [3.63, 3.8) is 0 Å². The number of benzene rings is 2. The molecule has 0 bridgehead atoms. The average molecular weight is 827 g/mol. The predicted molar refractivity (Wildman–Crippen MR) is 240 cm³/mol. The van der Waals surface area contributed by atoms with Gasteiger partial charge in [-0.05, 0) is 86.3 Å². The molecule has 0 aliphatic carbocycles. The Balaban J connectivity index is 0.000000171. The van der Waals surface area contributed by atoms with Crippen LogP contribution in [0.25, 0.3) is 22.5 Å². The molecule has 0 unspecified atom stereocenters. The molecular weight excluding hydrogens is 781 g/mol. The molecule has 16 nitrogen and oxygen atoms in total. The van der Waals surface area contributed by atoms with Crippen molar-refractivity contribution in [1.82, 2.24) is 29.9 Å². The van der Waals surface area contributed by atoms with E-state index in [9.17, 15) is 15.3 Å². The highest BCUT2D eigenvalue weighted by Crippen LogP contribution is 2.31. The molecule has 3 saturated heterocycles. The van der Waals surface area contributed by atoms with Gasteiger partial charge in [0.2, 0.25) is 17.8 Å². The Labute approximate surface area is 360 Å². The Kier molecular flexibility index (Phi) is 13.0. The number of hydrogen-bond donors (Lipinski definition) is 3. The first-order valence-electron chi connectivity index (χ1n) is 20.7. The predicted octanol–water partition coefficient (Wildman–Crippen LogP) is 7.30. The maximum Gasteiger partial charge on any atom is 0.227 e. The van der Waals surface area contributed by atoms with Crippen LogP contribution in [0.2, 0.25) is 0 Å². The summed E-state index contributed by atoms with van der Waals surface area (Å²) in [5.41, 5.74) is 8.09. The van der Waals surface area contributed by atoms with Crippen LogP contribution in [0, 0.1) is 22.7 Å². The van der Waals surface area contributed by atoms with Gasteiger partial charge in [-0.15, -0.1) is 0 Å². The van der Waals surface area contributed by atoms with Crippen molar-refractivity contribution in [2.75, 3.05) is 83.1 Å². The molecule has 2 aromatic carbocycles. The van der Waals surface area contributed by atoms with E-state index in [1.165, 1.54) is 19.8 Å². The van der Waals surface area contributed by atoms with Crippen LogP contribution in [0.15, 0.2) is 97.6 Å². The molecule has 62 heavy (non-hydrogen) atoms. The number of pyridine rings is 2. The molecule has 312 valence electrons. The van der Waals surface area contributed by atoms with Gasteiger partial charge < -0.3 is 35.4 Å². The first kappa shape index (κ1) is 41.1. The second kappa shape index (κ2) is 19.6. The average Bonchev–Trinajstić information content (AvgIpc) is 4.07. The minimum Gasteiger partial charge on any atom is -0.378 e. The van der Waals surface area contributed by atoms with Crippen LogP contribution in [0.5, 0.6) is 0 Å². The van der Waals surface area contributed by atoms with Gasteiger partial charge in [-0.1, -0.05) is 12.1 Å². The summed E-state index contributed by atoms with van der Waals surface area (Å²) in [4.78, 5) is 44.4. The molecule has 3 fully saturated rings. The lowest BCUT2D eigenvalue weighted by atomic mass is 10.1. The molecule has 3 aliphatic rings. The summed E-state index contributed by atoms with van der Waals surface area (Å²) in [5.74, 6) is 2.15. The van der Waals surface area contributed by atoms with Crippen molar-refractivity contribution in [2.45, 2.75) is 32.6 Å². The molecule has 4 aromatic heterocycles. The van der Waals surface area contributed by atoms with E-state index in [0.717, 1.165) is 111 Å². The van der Waals surface area contributed by atoms with Gasteiger partial charge in [0.15, 0.2) is 0 Å². The number of nitriles is 2. The van der Waals surface area contributed by atoms with Gasteiger partial charge in [-0.2, -0.15) is 10.5 Å².